The highest BCUT2D eigenvalue weighted by atomic mass is 16.5. The molecule has 0 saturated heterocycles. The van der Waals surface area contributed by atoms with Crippen LogP contribution in [-0.2, 0) is 9.53 Å². The number of ether oxygens (including phenoxy) is 1. The lowest BCUT2D eigenvalue weighted by atomic mass is 10.2. The van der Waals surface area contributed by atoms with Crippen LogP contribution in [0.25, 0.3) is 0 Å². The maximum absolute atomic E-state index is 11.4. The molecule has 0 aromatic heterocycles. The summed E-state index contributed by atoms with van der Waals surface area (Å²) in [6.45, 7) is 4.28. The third-order valence-electron chi connectivity index (χ3n) is 1.90. The molecular formula is C9H20N2O2. The zero-order valence-corrected chi connectivity index (χ0v) is 8.67. The quantitative estimate of drug-likeness (QED) is 0.628. The molecule has 0 fully saturated rings. The van der Waals surface area contributed by atoms with E-state index in [1.54, 1.807) is 0 Å². The standard InChI is InChI=1S/C9H20N2O2/c1-4-5-7(2)11-9(12)8(6-10)13-3/h7-8H,4-6,10H2,1-3H3,(H,11,12). The van der Waals surface area contributed by atoms with Crippen molar-refractivity contribution in [2.24, 2.45) is 5.73 Å². The molecule has 0 heterocycles. The van der Waals surface area contributed by atoms with Gasteiger partial charge in [0.25, 0.3) is 5.91 Å². The SMILES string of the molecule is CCCC(C)NC(=O)C(CN)OC. The number of nitrogens with one attached hydrogen (secondary N) is 1. The summed E-state index contributed by atoms with van der Waals surface area (Å²) in [5.74, 6) is -0.119. The van der Waals surface area contributed by atoms with Gasteiger partial charge in [-0.15, -0.1) is 0 Å². The predicted molar refractivity (Wildman–Crippen MR) is 52.4 cm³/mol. The second-order valence-corrected chi connectivity index (χ2v) is 3.16. The highest BCUT2D eigenvalue weighted by molar-refractivity contribution is 5.81. The zero-order valence-electron chi connectivity index (χ0n) is 8.67. The summed E-state index contributed by atoms with van der Waals surface area (Å²) < 4.78 is 4.90. The van der Waals surface area contributed by atoms with Gasteiger partial charge in [0, 0.05) is 19.7 Å². The Bertz CT molecular complexity index is 147. The van der Waals surface area contributed by atoms with Crippen LogP contribution in [0.15, 0.2) is 0 Å². The van der Waals surface area contributed by atoms with Gasteiger partial charge in [-0.25, -0.2) is 0 Å². The molecule has 0 aliphatic heterocycles. The number of hydrogen-bond acceptors (Lipinski definition) is 3. The summed E-state index contributed by atoms with van der Waals surface area (Å²) in [5.41, 5.74) is 5.35. The van der Waals surface area contributed by atoms with Gasteiger partial charge < -0.3 is 15.8 Å². The molecular weight excluding hydrogens is 168 g/mol. The highest BCUT2D eigenvalue weighted by Gasteiger charge is 2.16. The van der Waals surface area contributed by atoms with Crippen LogP contribution in [0.2, 0.25) is 0 Å². The molecule has 0 saturated carbocycles. The minimum Gasteiger partial charge on any atom is -0.370 e. The van der Waals surface area contributed by atoms with Crippen molar-refractivity contribution >= 4 is 5.91 Å². The molecule has 78 valence electrons. The molecule has 2 unspecified atom stereocenters. The number of nitrogens with two attached hydrogens (primary N) is 1. The van der Waals surface area contributed by atoms with Crippen LogP contribution in [0.1, 0.15) is 26.7 Å². The van der Waals surface area contributed by atoms with Gasteiger partial charge in [0.2, 0.25) is 0 Å². The van der Waals surface area contributed by atoms with Crippen molar-refractivity contribution in [3.8, 4) is 0 Å². The third-order valence-corrected chi connectivity index (χ3v) is 1.90. The lowest BCUT2D eigenvalue weighted by Gasteiger charge is -2.17. The summed E-state index contributed by atoms with van der Waals surface area (Å²) in [5, 5.41) is 2.84. The number of methoxy groups -OCH3 is 1. The van der Waals surface area contributed by atoms with Gasteiger partial charge in [-0.1, -0.05) is 13.3 Å². The maximum atomic E-state index is 11.4. The fourth-order valence-corrected chi connectivity index (χ4v) is 1.15. The Labute approximate surface area is 79.8 Å². The van der Waals surface area contributed by atoms with Crippen LogP contribution >= 0.6 is 0 Å². The van der Waals surface area contributed by atoms with E-state index in [0.29, 0.717) is 0 Å². The van der Waals surface area contributed by atoms with E-state index in [-0.39, 0.29) is 18.5 Å². The van der Waals surface area contributed by atoms with E-state index < -0.39 is 6.10 Å². The van der Waals surface area contributed by atoms with E-state index in [1.807, 2.05) is 6.92 Å². The van der Waals surface area contributed by atoms with Crippen molar-refractivity contribution < 1.29 is 9.53 Å². The summed E-state index contributed by atoms with van der Waals surface area (Å²) in [7, 11) is 1.49. The summed E-state index contributed by atoms with van der Waals surface area (Å²) >= 11 is 0. The molecule has 4 nitrogen and oxygen atoms in total. The van der Waals surface area contributed by atoms with Crippen LogP contribution < -0.4 is 11.1 Å². The Morgan fingerprint density at radius 2 is 2.23 bits per heavy atom. The van der Waals surface area contributed by atoms with Gasteiger partial charge >= 0.3 is 0 Å². The first-order valence-electron chi connectivity index (χ1n) is 4.68. The Morgan fingerprint density at radius 1 is 1.62 bits per heavy atom. The summed E-state index contributed by atoms with van der Waals surface area (Å²) in [4.78, 5) is 11.4. The van der Waals surface area contributed by atoms with Gasteiger partial charge in [0.15, 0.2) is 0 Å². The molecule has 0 aliphatic carbocycles. The van der Waals surface area contributed by atoms with E-state index in [0.717, 1.165) is 12.8 Å². The normalized spacial score (nSPS) is 15.1. The zero-order chi connectivity index (χ0) is 10.3. The van der Waals surface area contributed by atoms with Gasteiger partial charge in [-0.05, 0) is 13.3 Å². The van der Waals surface area contributed by atoms with Crippen LogP contribution in [0.4, 0.5) is 0 Å². The van der Waals surface area contributed by atoms with Crippen LogP contribution in [-0.4, -0.2) is 31.7 Å². The number of rotatable bonds is 6. The van der Waals surface area contributed by atoms with Crippen LogP contribution in [0.5, 0.6) is 0 Å². The third kappa shape index (κ3) is 4.85. The van der Waals surface area contributed by atoms with Gasteiger partial charge in [-0.2, -0.15) is 0 Å². The predicted octanol–water partition coefficient (Wildman–Crippen LogP) is 0.265. The lowest BCUT2D eigenvalue weighted by Crippen LogP contribution is -2.44. The molecule has 0 aliphatic rings. The van der Waals surface area contributed by atoms with Gasteiger partial charge in [0.1, 0.15) is 6.10 Å². The topological polar surface area (TPSA) is 64.4 Å². The molecule has 0 rings (SSSR count). The van der Waals surface area contributed by atoms with Crippen molar-refractivity contribution in [1.82, 2.24) is 5.32 Å². The highest BCUT2D eigenvalue weighted by Crippen LogP contribution is 1.96. The molecule has 0 bridgehead atoms. The smallest absolute Gasteiger partial charge is 0.250 e. The van der Waals surface area contributed by atoms with Gasteiger partial charge in [-0.3, -0.25) is 4.79 Å². The van der Waals surface area contributed by atoms with Crippen molar-refractivity contribution in [1.29, 1.82) is 0 Å². The molecule has 0 radical (unpaired) electrons. The van der Waals surface area contributed by atoms with Crippen molar-refractivity contribution in [3.05, 3.63) is 0 Å². The fourth-order valence-electron chi connectivity index (χ4n) is 1.15. The Kier molecular flexibility index (Phi) is 6.54. The molecule has 0 spiro atoms. The number of carbonyl (C=O) groups excluding carboxylic acids is 1. The maximum Gasteiger partial charge on any atom is 0.250 e. The Balaban J connectivity index is 3.83. The first-order valence-corrected chi connectivity index (χ1v) is 4.68. The minimum absolute atomic E-state index is 0.119. The van der Waals surface area contributed by atoms with Crippen molar-refractivity contribution in [3.63, 3.8) is 0 Å². The molecule has 0 aromatic rings. The molecule has 2 atom stereocenters. The van der Waals surface area contributed by atoms with Crippen molar-refractivity contribution in [2.45, 2.75) is 38.8 Å². The molecule has 4 heteroatoms. The lowest BCUT2D eigenvalue weighted by molar-refractivity contribution is -0.131. The second kappa shape index (κ2) is 6.86. The van der Waals surface area contributed by atoms with Crippen LogP contribution in [0.3, 0.4) is 0 Å². The minimum atomic E-state index is -0.515. The monoisotopic (exact) mass is 188 g/mol. The average Bonchev–Trinajstić information content (AvgIpc) is 2.06. The number of carbonyl (C=O) groups is 1. The first kappa shape index (κ1) is 12.4. The summed E-state index contributed by atoms with van der Waals surface area (Å²) in [6, 6.07) is 0.196. The van der Waals surface area contributed by atoms with Crippen molar-refractivity contribution in [2.75, 3.05) is 13.7 Å². The Hall–Kier alpha value is -0.610. The summed E-state index contributed by atoms with van der Waals surface area (Å²) in [6.07, 6.45) is 1.52. The van der Waals surface area contributed by atoms with E-state index >= 15 is 0 Å². The fraction of sp³-hybridized carbons (Fsp3) is 0.889. The van der Waals surface area contributed by atoms with Gasteiger partial charge in [0.05, 0.1) is 0 Å². The van der Waals surface area contributed by atoms with E-state index in [2.05, 4.69) is 12.2 Å². The van der Waals surface area contributed by atoms with E-state index in [1.165, 1.54) is 7.11 Å². The molecule has 3 N–H and O–H groups in total. The number of hydrogen-bond donors (Lipinski definition) is 2. The van der Waals surface area contributed by atoms with E-state index in [4.69, 9.17) is 10.5 Å². The average molecular weight is 188 g/mol. The Morgan fingerprint density at radius 3 is 2.62 bits per heavy atom. The molecule has 0 aromatic carbocycles. The van der Waals surface area contributed by atoms with Crippen LogP contribution in [0, 0.1) is 0 Å². The van der Waals surface area contributed by atoms with E-state index in [9.17, 15) is 4.79 Å². The molecule has 13 heavy (non-hydrogen) atoms. The second-order valence-electron chi connectivity index (χ2n) is 3.16. The largest absolute Gasteiger partial charge is 0.370 e. The first-order chi connectivity index (χ1) is 6.15. The number of amides is 1. The molecule has 1 amide bonds.